The normalized spacial score (nSPS) is 12.9. The van der Waals surface area contributed by atoms with Crippen molar-refractivity contribution in [3.8, 4) is 0 Å². The zero-order valence-electron chi connectivity index (χ0n) is 9.09. The molecule has 13 heavy (non-hydrogen) atoms. The van der Waals surface area contributed by atoms with E-state index in [0.717, 1.165) is 0 Å². The van der Waals surface area contributed by atoms with Gasteiger partial charge in [-0.15, -0.1) is 0 Å². The summed E-state index contributed by atoms with van der Waals surface area (Å²) in [7, 11) is 0. The molecule has 1 rings (SSSR count). The minimum absolute atomic E-state index is 0.650. The molecule has 72 valence electrons. The molecule has 0 saturated heterocycles. The third-order valence-corrected chi connectivity index (χ3v) is 2.76. The first-order chi connectivity index (χ1) is 6.16. The molecular formula is C12H19N. The van der Waals surface area contributed by atoms with Gasteiger partial charge in [0.05, 0.1) is 0 Å². The third-order valence-electron chi connectivity index (χ3n) is 2.76. The Hall–Kier alpha value is -0.850. The summed E-state index contributed by atoms with van der Waals surface area (Å²) >= 11 is 0. The van der Waals surface area contributed by atoms with Crippen LogP contribution in [0.4, 0.5) is 0 Å². The Labute approximate surface area is 81.2 Å². The average molecular weight is 177 g/mol. The van der Waals surface area contributed by atoms with Crippen molar-refractivity contribution in [1.29, 1.82) is 0 Å². The molecule has 0 spiro atoms. The largest absolute Gasteiger partial charge is 0.264 e. The fourth-order valence-corrected chi connectivity index (χ4v) is 1.74. The van der Waals surface area contributed by atoms with E-state index in [9.17, 15) is 0 Å². The molecule has 0 saturated carbocycles. The minimum atomic E-state index is 0.650. The first-order valence-electron chi connectivity index (χ1n) is 5.08. The fraction of sp³-hybridized carbons (Fsp3) is 0.583. The lowest BCUT2D eigenvalue weighted by atomic mass is 9.93. The zero-order valence-corrected chi connectivity index (χ0v) is 9.09. The van der Waals surface area contributed by atoms with Crippen molar-refractivity contribution in [3.05, 3.63) is 29.1 Å². The molecule has 0 N–H and O–H groups in total. The quantitative estimate of drug-likeness (QED) is 0.687. The molecule has 1 aromatic heterocycles. The maximum Gasteiger partial charge on any atom is 0.0305 e. The summed E-state index contributed by atoms with van der Waals surface area (Å²) in [6, 6.07) is 0. The Bertz CT molecular complexity index is 278. The highest BCUT2D eigenvalue weighted by Gasteiger charge is 2.08. The van der Waals surface area contributed by atoms with Gasteiger partial charge in [-0.2, -0.15) is 0 Å². The van der Waals surface area contributed by atoms with Crippen molar-refractivity contribution in [2.45, 2.75) is 46.5 Å². The Kier molecular flexibility index (Phi) is 3.47. The molecule has 1 aromatic rings. The van der Waals surface area contributed by atoms with Crippen LogP contribution < -0.4 is 0 Å². The van der Waals surface area contributed by atoms with Crippen molar-refractivity contribution in [2.24, 2.45) is 0 Å². The summed E-state index contributed by atoms with van der Waals surface area (Å²) in [5.74, 6) is 0.650. The molecule has 0 fully saturated rings. The Morgan fingerprint density at radius 2 is 2.00 bits per heavy atom. The van der Waals surface area contributed by atoms with Gasteiger partial charge in [-0.1, -0.05) is 20.3 Å². The van der Waals surface area contributed by atoms with Crippen LogP contribution in [0.2, 0.25) is 0 Å². The van der Waals surface area contributed by atoms with Crippen LogP contribution in [-0.4, -0.2) is 4.98 Å². The van der Waals surface area contributed by atoms with Gasteiger partial charge in [-0.3, -0.25) is 4.98 Å². The number of pyridine rings is 1. The summed E-state index contributed by atoms with van der Waals surface area (Å²) in [4.78, 5) is 4.25. The standard InChI is InChI=1S/C12H19N/c1-5-6-9(2)12-8-13-7-10(3)11(12)4/h7-9H,5-6H2,1-4H3. The van der Waals surface area contributed by atoms with Gasteiger partial charge in [-0.25, -0.2) is 0 Å². The molecule has 1 nitrogen and oxygen atoms in total. The van der Waals surface area contributed by atoms with Crippen LogP contribution in [0.5, 0.6) is 0 Å². The number of hydrogen-bond donors (Lipinski definition) is 0. The number of aromatic nitrogens is 1. The van der Waals surface area contributed by atoms with Crippen molar-refractivity contribution in [3.63, 3.8) is 0 Å². The van der Waals surface area contributed by atoms with E-state index in [1.165, 1.54) is 29.5 Å². The maximum absolute atomic E-state index is 4.25. The van der Waals surface area contributed by atoms with E-state index in [0.29, 0.717) is 5.92 Å². The lowest BCUT2D eigenvalue weighted by Crippen LogP contribution is -1.99. The first kappa shape index (κ1) is 10.2. The monoisotopic (exact) mass is 177 g/mol. The average Bonchev–Trinajstić information content (AvgIpc) is 2.10. The number of aryl methyl sites for hydroxylation is 1. The molecule has 1 heteroatoms. The van der Waals surface area contributed by atoms with Gasteiger partial charge >= 0.3 is 0 Å². The summed E-state index contributed by atoms with van der Waals surface area (Å²) in [6.45, 7) is 8.84. The zero-order chi connectivity index (χ0) is 9.84. The second kappa shape index (κ2) is 4.40. The van der Waals surface area contributed by atoms with Gasteiger partial charge in [0.2, 0.25) is 0 Å². The molecule has 1 atom stereocenters. The minimum Gasteiger partial charge on any atom is -0.264 e. The van der Waals surface area contributed by atoms with Crippen molar-refractivity contribution in [1.82, 2.24) is 4.98 Å². The van der Waals surface area contributed by atoms with Crippen LogP contribution in [0.1, 0.15) is 49.3 Å². The predicted molar refractivity (Wildman–Crippen MR) is 57.0 cm³/mol. The van der Waals surface area contributed by atoms with E-state index >= 15 is 0 Å². The maximum atomic E-state index is 4.25. The smallest absolute Gasteiger partial charge is 0.0305 e. The second-order valence-corrected chi connectivity index (χ2v) is 3.86. The number of nitrogens with zero attached hydrogens (tertiary/aromatic N) is 1. The SMILES string of the molecule is CCCC(C)c1cncc(C)c1C. The summed E-state index contributed by atoms with van der Waals surface area (Å²) in [5, 5.41) is 0. The Morgan fingerprint density at radius 1 is 1.31 bits per heavy atom. The van der Waals surface area contributed by atoms with E-state index < -0.39 is 0 Å². The van der Waals surface area contributed by atoms with Gasteiger partial charge < -0.3 is 0 Å². The molecule has 0 aromatic carbocycles. The van der Waals surface area contributed by atoms with Crippen molar-refractivity contribution in [2.75, 3.05) is 0 Å². The molecule has 0 aliphatic carbocycles. The van der Waals surface area contributed by atoms with Crippen molar-refractivity contribution >= 4 is 0 Å². The highest BCUT2D eigenvalue weighted by atomic mass is 14.6. The van der Waals surface area contributed by atoms with Gasteiger partial charge in [0.1, 0.15) is 0 Å². The lowest BCUT2D eigenvalue weighted by molar-refractivity contribution is 0.658. The summed E-state index contributed by atoms with van der Waals surface area (Å²) < 4.78 is 0. The highest BCUT2D eigenvalue weighted by molar-refractivity contribution is 5.31. The molecule has 1 heterocycles. The van der Waals surface area contributed by atoms with Gasteiger partial charge in [0.15, 0.2) is 0 Å². The highest BCUT2D eigenvalue weighted by Crippen LogP contribution is 2.24. The summed E-state index contributed by atoms with van der Waals surface area (Å²) in [5.41, 5.74) is 4.14. The van der Waals surface area contributed by atoms with Crippen LogP contribution in [0, 0.1) is 13.8 Å². The van der Waals surface area contributed by atoms with Crippen LogP contribution in [-0.2, 0) is 0 Å². The number of hydrogen-bond acceptors (Lipinski definition) is 1. The van der Waals surface area contributed by atoms with Crippen LogP contribution in [0.25, 0.3) is 0 Å². The van der Waals surface area contributed by atoms with Gasteiger partial charge in [0.25, 0.3) is 0 Å². The Balaban J connectivity index is 2.93. The van der Waals surface area contributed by atoms with E-state index in [1.807, 2.05) is 12.4 Å². The first-order valence-corrected chi connectivity index (χ1v) is 5.08. The molecule has 0 aliphatic heterocycles. The topological polar surface area (TPSA) is 12.9 Å². The molecular weight excluding hydrogens is 158 g/mol. The second-order valence-electron chi connectivity index (χ2n) is 3.86. The lowest BCUT2D eigenvalue weighted by Gasteiger charge is -2.14. The van der Waals surface area contributed by atoms with Gasteiger partial charge in [0, 0.05) is 12.4 Å². The molecule has 1 unspecified atom stereocenters. The number of rotatable bonds is 3. The molecule has 0 radical (unpaired) electrons. The van der Waals surface area contributed by atoms with E-state index in [1.54, 1.807) is 0 Å². The van der Waals surface area contributed by atoms with E-state index in [2.05, 4.69) is 32.7 Å². The fourth-order valence-electron chi connectivity index (χ4n) is 1.74. The van der Waals surface area contributed by atoms with Gasteiger partial charge in [-0.05, 0) is 42.9 Å². The molecule has 0 bridgehead atoms. The van der Waals surface area contributed by atoms with Crippen LogP contribution in [0.3, 0.4) is 0 Å². The van der Waals surface area contributed by atoms with Crippen LogP contribution in [0.15, 0.2) is 12.4 Å². The third kappa shape index (κ3) is 2.30. The summed E-state index contributed by atoms with van der Waals surface area (Å²) in [6.07, 6.45) is 6.46. The van der Waals surface area contributed by atoms with Crippen molar-refractivity contribution < 1.29 is 0 Å². The predicted octanol–water partition coefficient (Wildman–Crippen LogP) is 3.60. The van der Waals surface area contributed by atoms with Crippen LogP contribution >= 0.6 is 0 Å². The van der Waals surface area contributed by atoms with E-state index in [-0.39, 0.29) is 0 Å². The molecule has 0 aliphatic rings. The Morgan fingerprint density at radius 3 is 2.62 bits per heavy atom. The molecule has 0 amide bonds. The van der Waals surface area contributed by atoms with E-state index in [4.69, 9.17) is 0 Å².